The molecule has 0 spiro atoms. The fraction of sp³-hybridized carbons (Fsp3) is 0.328. The molecule has 0 bridgehead atoms. The van der Waals surface area contributed by atoms with Crippen LogP contribution in [0.25, 0.3) is 0 Å². The Hall–Kier alpha value is -11.8. The molecule has 94 heavy (non-hydrogen) atoms. The zero-order chi connectivity index (χ0) is 68.1. The minimum Gasteiger partial charge on any atom is -0.356 e. The molecule has 0 saturated carbocycles. The fourth-order valence-electron chi connectivity index (χ4n) is 9.88. The molecule has 0 aromatic carbocycles. The second kappa shape index (κ2) is 30.4. The molecule has 0 unspecified atom stereocenters. The number of carbonyl (C=O) groups excluding carboxylic acids is 11. The number of hydrogen-bond acceptors (Lipinski definition) is 14. The average molecular weight is 1290 g/mol. The average Bonchev–Trinajstić information content (AvgIpc) is 1.77. The predicted molar refractivity (Wildman–Crippen MR) is 348 cm³/mol. The van der Waals surface area contributed by atoms with Gasteiger partial charge in [-0.15, -0.1) is 0 Å². The summed E-state index contributed by atoms with van der Waals surface area (Å²) in [5.74, 6) is -4.79. The van der Waals surface area contributed by atoms with Crippen molar-refractivity contribution in [2.75, 3.05) is 84.0 Å². The van der Waals surface area contributed by atoms with E-state index in [0.717, 1.165) is 13.0 Å². The maximum atomic E-state index is 13.5. The van der Waals surface area contributed by atoms with Gasteiger partial charge in [0, 0.05) is 158 Å². The van der Waals surface area contributed by atoms with Crippen LogP contribution in [0.3, 0.4) is 0 Å². The lowest BCUT2D eigenvalue weighted by Crippen LogP contribution is -2.32. The van der Waals surface area contributed by atoms with Crippen molar-refractivity contribution in [2.24, 2.45) is 56.4 Å². The first kappa shape index (κ1) is 68.1. The molecule has 0 radical (unpaired) electrons. The summed E-state index contributed by atoms with van der Waals surface area (Å²) in [7, 11) is 16.9. The van der Waals surface area contributed by atoms with Gasteiger partial charge in [0.25, 0.3) is 47.3 Å². The molecule has 33 nitrogen and oxygen atoms in total. The number of amides is 11. The van der Waals surface area contributed by atoms with Crippen LogP contribution in [0, 0.1) is 0 Å². The smallest absolute Gasteiger partial charge is 0.291 e. The van der Waals surface area contributed by atoms with Crippen molar-refractivity contribution in [1.82, 2.24) is 72.7 Å². The summed E-state index contributed by atoms with van der Waals surface area (Å²) in [6.07, 6.45) is 15.0. The van der Waals surface area contributed by atoms with Crippen LogP contribution < -0.4 is 58.5 Å². The third kappa shape index (κ3) is 17.8. The molecular formula is C61H76N22O11. The molecule has 8 aromatic rings. The van der Waals surface area contributed by atoms with Crippen LogP contribution in [0.4, 0.5) is 39.9 Å². The summed E-state index contributed by atoms with van der Waals surface area (Å²) < 4.78 is 12.1. The highest BCUT2D eigenvalue weighted by Gasteiger charge is 2.24. The number of anilines is 7. The van der Waals surface area contributed by atoms with E-state index < -0.39 is 53.2 Å². The van der Waals surface area contributed by atoms with Gasteiger partial charge in [-0.3, -0.25) is 52.7 Å². The van der Waals surface area contributed by atoms with E-state index in [0.29, 0.717) is 35.0 Å². The molecule has 0 fully saturated rings. The first-order valence-electron chi connectivity index (χ1n) is 29.6. The molecule has 8 heterocycles. The Kier molecular flexibility index (Phi) is 22.0. The molecular weight excluding hydrogens is 1220 g/mol. The number of rotatable bonds is 29. The highest BCUT2D eigenvalue weighted by Crippen LogP contribution is 2.23. The second-order valence-corrected chi connectivity index (χ2v) is 22.5. The summed E-state index contributed by atoms with van der Waals surface area (Å²) in [6, 6.07) is 8.94. The van der Waals surface area contributed by atoms with Crippen LogP contribution in [-0.4, -0.2) is 163 Å². The van der Waals surface area contributed by atoms with Gasteiger partial charge in [-0.05, 0) is 69.9 Å². The third-order valence-electron chi connectivity index (χ3n) is 14.6. The van der Waals surface area contributed by atoms with Gasteiger partial charge in [0.15, 0.2) is 11.6 Å². The lowest BCUT2D eigenvalue weighted by molar-refractivity contribution is -0.121. The Bertz CT molecular complexity index is 4200. The minimum atomic E-state index is -0.628. The summed E-state index contributed by atoms with van der Waals surface area (Å²) in [5, 5.41) is 30.1. The maximum absolute atomic E-state index is 13.5. The van der Waals surface area contributed by atoms with Gasteiger partial charge in [0.05, 0.1) is 34.1 Å². The van der Waals surface area contributed by atoms with E-state index in [-0.39, 0.29) is 114 Å². The van der Waals surface area contributed by atoms with E-state index in [2.05, 4.69) is 68.5 Å². The van der Waals surface area contributed by atoms with E-state index >= 15 is 0 Å². The van der Waals surface area contributed by atoms with E-state index in [1.807, 2.05) is 19.0 Å². The highest BCUT2D eigenvalue weighted by atomic mass is 16.2. The Morgan fingerprint density at radius 2 is 0.702 bits per heavy atom. The van der Waals surface area contributed by atoms with E-state index in [1.165, 1.54) is 82.4 Å². The van der Waals surface area contributed by atoms with Gasteiger partial charge in [0.2, 0.25) is 23.5 Å². The number of nitrogens with zero attached hydrogens (tertiary/aromatic N) is 11. The van der Waals surface area contributed by atoms with Crippen LogP contribution >= 0.6 is 0 Å². The molecule has 8 aromatic heterocycles. The number of imidazole rings is 2. The van der Waals surface area contributed by atoms with Crippen molar-refractivity contribution in [3.63, 3.8) is 0 Å². The standard InChI is InChI=1S/C61H76N22O11/c1-75(2)21-12-17-62-49(84)14-18-65-55(88)43-24-37(30-77(43)4)68-58(91)46-28-39(32-81(46)8)70-59(92)47-27-38(31-82(47)9)69-57(90)45-23-36(29-80(45)7)67-50(85)13-11-16-64-54(87)42-26-41(34-78(42)5)72-61(94)53-74-48(35-83(53)10)73-51(86)15-19-66-56(89)44-25-40(33-79(44)6)71-60(93)52-63-20-22-76(52)3/h20,22-35H,11-19,21H2,1-10H3,(H,62,84)(H,64,87)(H,65,88)(H,66,89)(H,67,85)(H,68,91)(H,69,90)(H,70,92)(H,71,93)(H,72,94)(H,73,86). The molecule has 33 heteroatoms. The molecule has 0 atom stereocenters. The SMILES string of the molecule is CN(C)CCCNC(=O)CCNC(=O)c1cc(NC(=O)c2cc(NC(=O)c3cc(NC(=O)c4cc(NC(=O)CCCNC(=O)c5cc(NC(=O)c6nc(NC(=O)CCNC(=O)c7cc(NC(=O)c8nccn8C)cn7C)cn6C)cn5C)cn4C)cn3C)cn2C)cn1C. The molecule has 0 aliphatic heterocycles. The van der Waals surface area contributed by atoms with E-state index in [1.54, 1.807) is 103 Å². The lowest BCUT2D eigenvalue weighted by atomic mass is 10.2. The summed E-state index contributed by atoms with van der Waals surface area (Å²) in [5.41, 5.74) is 3.29. The van der Waals surface area contributed by atoms with Gasteiger partial charge in [-0.1, -0.05) is 0 Å². The van der Waals surface area contributed by atoms with Crippen LogP contribution in [0.5, 0.6) is 0 Å². The zero-order valence-corrected chi connectivity index (χ0v) is 53.6. The second-order valence-electron chi connectivity index (χ2n) is 22.5. The van der Waals surface area contributed by atoms with Crippen molar-refractivity contribution in [3.05, 3.63) is 138 Å². The Morgan fingerprint density at radius 3 is 1.11 bits per heavy atom. The lowest BCUT2D eigenvalue weighted by Gasteiger charge is -2.10. The normalized spacial score (nSPS) is 11.0. The molecule has 0 saturated heterocycles. The third-order valence-corrected chi connectivity index (χ3v) is 14.6. The topological polar surface area (TPSA) is 389 Å². The minimum absolute atomic E-state index is 0.0195. The van der Waals surface area contributed by atoms with Gasteiger partial charge in [-0.2, -0.15) is 0 Å². The van der Waals surface area contributed by atoms with Gasteiger partial charge in [-0.25, -0.2) is 9.97 Å². The molecule has 0 aliphatic rings. The summed E-state index contributed by atoms with van der Waals surface area (Å²) in [4.78, 5) is 154. The van der Waals surface area contributed by atoms with Crippen LogP contribution in [-0.2, 0) is 70.8 Å². The molecule has 496 valence electrons. The van der Waals surface area contributed by atoms with E-state index in [4.69, 9.17) is 0 Å². The number of carbonyl (C=O) groups is 11. The number of aryl methyl sites for hydroxylation is 8. The monoisotopic (exact) mass is 1290 g/mol. The summed E-state index contributed by atoms with van der Waals surface area (Å²) in [6.45, 7) is 1.61. The predicted octanol–water partition coefficient (Wildman–Crippen LogP) is 2.54. The van der Waals surface area contributed by atoms with E-state index in [9.17, 15) is 52.7 Å². The summed E-state index contributed by atoms with van der Waals surface area (Å²) >= 11 is 0. The maximum Gasteiger partial charge on any atom is 0.291 e. The van der Waals surface area contributed by atoms with Gasteiger partial charge in [0.1, 0.15) is 34.2 Å². The highest BCUT2D eigenvalue weighted by molar-refractivity contribution is 6.10. The van der Waals surface area contributed by atoms with Crippen LogP contribution in [0.2, 0.25) is 0 Å². The van der Waals surface area contributed by atoms with Crippen molar-refractivity contribution in [3.8, 4) is 0 Å². The number of aromatic nitrogens is 10. The van der Waals surface area contributed by atoms with Crippen molar-refractivity contribution >= 4 is 105 Å². The number of nitrogens with one attached hydrogen (secondary N) is 11. The van der Waals surface area contributed by atoms with Gasteiger partial charge < -0.3 is 99.9 Å². The Labute approximate surface area is 539 Å². The quantitative estimate of drug-likeness (QED) is 0.0300. The van der Waals surface area contributed by atoms with Gasteiger partial charge >= 0.3 is 0 Å². The molecule has 8 rings (SSSR count). The first-order chi connectivity index (χ1) is 44.7. The Morgan fingerprint density at radius 1 is 0.351 bits per heavy atom. The first-order valence-corrected chi connectivity index (χ1v) is 29.6. The molecule has 11 amide bonds. The van der Waals surface area contributed by atoms with Crippen molar-refractivity contribution in [1.29, 1.82) is 0 Å². The largest absolute Gasteiger partial charge is 0.356 e. The fourth-order valence-corrected chi connectivity index (χ4v) is 9.88. The number of hydrogen-bond donors (Lipinski definition) is 11. The molecule has 11 N–H and O–H groups in total. The van der Waals surface area contributed by atoms with Crippen LogP contribution in [0.15, 0.2) is 92.2 Å². The van der Waals surface area contributed by atoms with Crippen molar-refractivity contribution < 1.29 is 52.7 Å². The zero-order valence-electron chi connectivity index (χ0n) is 53.6. The molecule has 0 aliphatic carbocycles. The van der Waals surface area contributed by atoms with Crippen molar-refractivity contribution in [2.45, 2.75) is 32.1 Å². The Balaban J connectivity index is 0.726. The van der Waals surface area contributed by atoms with Crippen LogP contribution in [0.1, 0.15) is 116 Å².